The van der Waals surface area contributed by atoms with Gasteiger partial charge in [-0.1, -0.05) is 18.2 Å². The molecule has 0 unspecified atom stereocenters. The van der Waals surface area contributed by atoms with Crippen LogP contribution in [0.2, 0.25) is 0 Å². The summed E-state index contributed by atoms with van der Waals surface area (Å²) in [5.74, 6) is -0.476. The van der Waals surface area contributed by atoms with E-state index in [0.29, 0.717) is 30.5 Å². The van der Waals surface area contributed by atoms with Crippen LogP contribution in [0.1, 0.15) is 17.9 Å². The van der Waals surface area contributed by atoms with Gasteiger partial charge in [-0.15, -0.1) is 0 Å². The Morgan fingerprint density at radius 2 is 2.12 bits per heavy atom. The quantitative estimate of drug-likeness (QED) is 0.786. The number of nitrogens with zero attached hydrogens (tertiary/aromatic N) is 1. The zero-order valence-electron chi connectivity index (χ0n) is 13.8. The Hall–Kier alpha value is -2.93. The Balaban J connectivity index is 1.67. The molecule has 3 rings (SSSR count). The number of rotatable bonds is 6. The molecule has 0 fully saturated rings. The number of hydrogen-bond donors (Lipinski definition) is 2. The largest absolute Gasteiger partial charge is 0.475 e. The number of carbonyl (C=O) groups excluding carboxylic acids is 2. The van der Waals surface area contributed by atoms with E-state index in [1.165, 1.54) is 6.20 Å². The number of pyridine rings is 1. The molecule has 0 spiro atoms. The van der Waals surface area contributed by atoms with Gasteiger partial charge in [-0.25, -0.2) is 4.98 Å². The average molecular weight is 341 g/mol. The summed E-state index contributed by atoms with van der Waals surface area (Å²) in [6, 6.07) is 10.7. The summed E-state index contributed by atoms with van der Waals surface area (Å²) in [5, 5.41) is 5.59. The molecule has 25 heavy (non-hydrogen) atoms. The van der Waals surface area contributed by atoms with Crippen LogP contribution in [-0.4, -0.2) is 37.1 Å². The summed E-state index contributed by atoms with van der Waals surface area (Å²) in [5.41, 5.74) is 2.04. The van der Waals surface area contributed by atoms with Crippen LogP contribution in [0.3, 0.4) is 0 Å². The van der Waals surface area contributed by atoms with E-state index in [1.54, 1.807) is 25.3 Å². The van der Waals surface area contributed by atoms with Crippen molar-refractivity contribution >= 4 is 23.2 Å². The van der Waals surface area contributed by atoms with Gasteiger partial charge in [0, 0.05) is 25.3 Å². The second-order valence-electron chi connectivity index (χ2n) is 5.61. The van der Waals surface area contributed by atoms with Crippen molar-refractivity contribution in [1.82, 2.24) is 4.98 Å². The number of para-hydroxylation sites is 1. The van der Waals surface area contributed by atoms with E-state index in [9.17, 15) is 9.59 Å². The summed E-state index contributed by atoms with van der Waals surface area (Å²) in [6.07, 6.45) is 1.64. The number of fused-ring (bicyclic) bond motifs is 1. The van der Waals surface area contributed by atoms with Gasteiger partial charge in [0.25, 0.3) is 0 Å². The Bertz CT molecular complexity index is 761. The molecule has 1 aromatic heterocycles. The first-order valence-electron chi connectivity index (χ1n) is 7.95. The summed E-state index contributed by atoms with van der Waals surface area (Å²) >= 11 is 0. The van der Waals surface area contributed by atoms with Gasteiger partial charge in [-0.05, 0) is 17.7 Å². The number of hydrogen-bond acceptors (Lipinski definition) is 5. The number of aromatic nitrogens is 1. The molecule has 2 N–H and O–H groups in total. The van der Waals surface area contributed by atoms with Gasteiger partial charge in [-0.3, -0.25) is 9.59 Å². The molecule has 130 valence electrons. The van der Waals surface area contributed by atoms with E-state index in [4.69, 9.17) is 9.47 Å². The summed E-state index contributed by atoms with van der Waals surface area (Å²) < 4.78 is 10.3. The number of anilines is 2. The van der Waals surface area contributed by atoms with Crippen molar-refractivity contribution in [2.45, 2.75) is 12.3 Å². The molecule has 1 atom stereocenters. The van der Waals surface area contributed by atoms with E-state index in [2.05, 4.69) is 15.6 Å². The van der Waals surface area contributed by atoms with Crippen molar-refractivity contribution in [1.29, 1.82) is 0 Å². The lowest BCUT2D eigenvalue weighted by molar-refractivity contribution is -0.123. The van der Waals surface area contributed by atoms with Crippen LogP contribution in [0.4, 0.5) is 11.4 Å². The molecule has 2 aromatic rings. The molecule has 0 radical (unpaired) electrons. The maximum Gasteiger partial charge on any atom is 0.232 e. The van der Waals surface area contributed by atoms with Gasteiger partial charge < -0.3 is 20.1 Å². The summed E-state index contributed by atoms with van der Waals surface area (Å²) in [7, 11) is 1.60. The molecule has 1 aliphatic heterocycles. The third kappa shape index (κ3) is 4.13. The number of amides is 2. The Labute approximate surface area is 145 Å². The topological polar surface area (TPSA) is 89.5 Å². The van der Waals surface area contributed by atoms with Gasteiger partial charge in [0.15, 0.2) is 0 Å². The second kappa shape index (κ2) is 7.76. The lowest BCUT2D eigenvalue weighted by atomic mass is 9.90. The first kappa shape index (κ1) is 16.9. The van der Waals surface area contributed by atoms with Crippen molar-refractivity contribution in [2.75, 3.05) is 31.0 Å². The maximum atomic E-state index is 12.6. The van der Waals surface area contributed by atoms with Crippen molar-refractivity contribution in [3.8, 4) is 5.88 Å². The molecule has 0 aliphatic carbocycles. The molecule has 1 aliphatic rings. The van der Waals surface area contributed by atoms with Crippen LogP contribution >= 0.6 is 0 Å². The first-order valence-corrected chi connectivity index (χ1v) is 7.95. The minimum atomic E-state index is -0.525. The van der Waals surface area contributed by atoms with E-state index in [1.807, 2.05) is 18.2 Å². The van der Waals surface area contributed by atoms with E-state index in [-0.39, 0.29) is 18.2 Å². The number of methoxy groups -OCH3 is 1. The van der Waals surface area contributed by atoms with Gasteiger partial charge in [-0.2, -0.15) is 0 Å². The highest BCUT2D eigenvalue weighted by atomic mass is 16.5. The summed E-state index contributed by atoms with van der Waals surface area (Å²) in [6.45, 7) is 0.881. The van der Waals surface area contributed by atoms with Crippen LogP contribution in [0.25, 0.3) is 0 Å². The van der Waals surface area contributed by atoms with Crippen molar-refractivity contribution in [3.05, 3.63) is 48.2 Å². The minimum Gasteiger partial charge on any atom is -0.475 e. The normalized spacial score (nSPS) is 15.9. The molecule has 2 heterocycles. The van der Waals surface area contributed by atoms with E-state index < -0.39 is 5.92 Å². The van der Waals surface area contributed by atoms with Crippen LogP contribution < -0.4 is 15.4 Å². The zero-order valence-corrected chi connectivity index (χ0v) is 13.8. The molecule has 0 saturated carbocycles. The van der Waals surface area contributed by atoms with Crippen molar-refractivity contribution in [2.24, 2.45) is 0 Å². The fourth-order valence-corrected chi connectivity index (χ4v) is 2.64. The van der Waals surface area contributed by atoms with Crippen LogP contribution in [0.15, 0.2) is 42.6 Å². The van der Waals surface area contributed by atoms with E-state index >= 15 is 0 Å². The van der Waals surface area contributed by atoms with Crippen LogP contribution in [-0.2, 0) is 14.3 Å². The lowest BCUT2D eigenvalue weighted by Crippen LogP contribution is -2.30. The molecule has 2 amide bonds. The second-order valence-corrected chi connectivity index (χ2v) is 5.61. The highest BCUT2D eigenvalue weighted by molar-refractivity contribution is 6.05. The van der Waals surface area contributed by atoms with Crippen molar-refractivity contribution < 1.29 is 19.1 Å². The molecule has 1 aromatic carbocycles. The Kier molecular flexibility index (Phi) is 5.25. The number of nitrogens with one attached hydrogen (secondary N) is 2. The predicted molar refractivity (Wildman–Crippen MR) is 92.7 cm³/mol. The predicted octanol–water partition coefficient (Wildman–Crippen LogP) is 2.17. The van der Waals surface area contributed by atoms with Gasteiger partial charge in [0.1, 0.15) is 6.61 Å². The molecule has 0 bridgehead atoms. The number of carbonyl (C=O) groups is 2. The maximum absolute atomic E-state index is 12.6. The highest BCUT2D eigenvalue weighted by Gasteiger charge is 2.30. The average Bonchev–Trinajstić information content (AvgIpc) is 2.62. The fraction of sp³-hybridized carbons (Fsp3) is 0.278. The SMILES string of the molecule is COCCOc1ccc(NC(=O)[C@@H]2CC(=O)Nc3ccccc32)cn1. The van der Waals surface area contributed by atoms with Crippen molar-refractivity contribution in [3.63, 3.8) is 0 Å². The van der Waals surface area contributed by atoms with Gasteiger partial charge >= 0.3 is 0 Å². The van der Waals surface area contributed by atoms with Crippen LogP contribution in [0.5, 0.6) is 5.88 Å². The van der Waals surface area contributed by atoms with Gasteiger partial charge in [0.05, 0.1) is 24.4 Å². The summed E-state index contributed by atoms with van der Waals surface area (Å²) in [4.78, 5) is 28.6. The molecule has 7 nitrogen and oxygen atoms in total. The molecular formula is C18H19N3O4. The number of ether oxygens (including phenoxy) is 2. The molecule has 7 heteroatoms. The Morgan fingerprint density at radius 1 is 1.28 bits per heavy atom. The smallest absolute Gasteiger partial charge is 0.232 e. The third-order valence-electron chi connectivity index (χ3n) is 3.86. The highest BCUT2D eigenvalue weighted by Crippen LogP contribution is 2.32. The fourth-order valence-electron chi connectivity index (χ4n) is 2.64. The van der Waals surface area contributed by atoms with Gasteiger partial charge in [0.2, 0.25) is 17.7 Å². The standard InChI is InChI=1S/C18H19N3O4/c1-24-8-9-25-17-7-6-12(11-19-17)20-18(23)14-10-16(22)21-15-5-3-2-4-13(14)15/h2-7,11,14H,8-10H2,1H3,(H,20,23)(H,21,22)/t14-/m1/s1. The first-order chi connectivity index (χ1) is 12.2. The monoisotopic (exact) mass is 341 g/mol. The van der Waals surface area contributed by atoms with Crippen LogP contribution in [0, 0.1) is 0 Å². The lowest BCUT2D eigenvalue weighted by Gasteiger charge is -2.24. The Morgan fingerprint density at radius 3 is 2.88 bits per heavy atom. The third-order valence-corrected chi connectivity index (χ3v) is 3.86. The minimum absolute atomic E-state index is 0.120. The zero-order chi connectivity index (χ0) is 17.6. The molecule has 0 saturated heterocycles. The van der Waals surface area contributed by atoms with E-state index in [0.717, 1.165) is 5.56 Å². The number of benzene rings is 1. The molecular weight excluding hydrogens is 322 g/mol.